The summed E-state index contributed by atoms with van der Waals surface area (Å²) < 4.78 is 11.0. The Labute approximate surface area is 170 Å². The van der Waals surface area contributed by atoms with Gasteiger partial charge in [0.05, 0.1) is 13.0 Å². The van der Waals surface area contributed by atoms with Crippen LogP contribution < -0.4 is 9.47 Å². The van der Waals surface area contributed by atoms with E-state index in [1.54, 1.807) is 25.3 Å². The normalized spacial score (nSPS) is 11.8. The van der Waals surface area contributed by atoms with Crippen molar-refractivity contribution in [2.45, 2.75) is 33.1 Å². The first kappa shape index (κ1) is 20.5. The zero-order valence-corrected chi connectivity index (χ0v) is 17.0. The highest BCUT2D eigenvalue weighted by molar-refractivity contribution is 5.85. The molecule has 1 aromatic heterocycles. The van der Waals surface area contributed by atoms with E-state index in [-0.39, 0.29) is 17.7 Å². The molecule has 3 rings (SSSR count). The average molecular weight is 391 g/mol. The molecule has 0 bridgehead atoms. The van der Waals surface area contributed by atoms with Crippen LogP contribution in [0.4, 0.5) is 0 Å². The molecule has 0 N–H and O–H groups in total. The molecular formula is C24H25NO4. The minimum atomic E-state index is -0.354. The lowest BCUT2D eigenvalue weighted by atomic mass is 9.98. The largest absolute Gasteiger partial charge is 0.493 e. The third-order valence-electron chi connectivity index (χ3n) is 4.88. The van der Waals surface area contributed by atoms with Crippen LogP contribution in [0.25, 0.3) is 10.8 Å². The predicted molar refractivity (Wildman–Crippen MR) is 112 cm³/mol. The number of carbonyl (C=O) groups excluding carboxylic acids is 2. The van der Waals surface area contributed by atoms with Crippen molar-refractivity contribution in [2.75, 3.05) is 7.11 Å². The fourth-order valence-corrected chi connectivity index (χ4v) is 3.24. The van der Waals surface area contributed by atoms with Crippen molar-refractivity contribution in [2.24, 2.45) is 5.92 Å². The van der Waals surface area contributed by atoms with E-state index in [2.05, 4.69) is 4.98 Å². The number of hydrogen-bond acceptors (Lipinski definition) is 5. The Kier molecular flexibility index (Phi) is 6.60. The highest BCUT2D eigenvalue weighted by Gasteiger charge is 2.19. The minimum Gasteiger partial charge on any atom is -0.493 e. The topological polar surface area (TPSA) is 65.5 Å². The van der Waals surface area contributed by atoms with Gasteiger partial charge in [-0.2, -0.15) is 0 Å². The molecule has 2 aromatic carbocycles. The molecular weight excluding hydrogens is 366 g/mol. The molecule has 0 saturated heterocycles. The molecule has 5 heteroatoms. The number of methoxy groups -OCH3 is 1. The van der Waals surface area contributed by atoms with Crippen molar-refractivity contribution in [1.82, 2.24) is 4.98 Å². The van der Waals surface area contributed by atoms with E-state index < -0.39 is 0 Å². The number of nitrogens with zero attached hydrogens (tertiary/aromatic N) is 1. The summed E-state index contributed by atoms with van der Waals surface area (Å²) in [6, 6.07) is 13.4. The van der Waals surface area contributed by atoms with Gasteiger partial charge in [-0.05, 0) is 48.4 Å². The number of aryl methyl sites for hydroxylation is 1. The summed E-state index contributed by atoms with van der Waals surface area (Å²) in [6.07, 6.45) is 5.19. The Morgan fingerprint density at radius 1 is 1.07 bits per heavy atom. The molecule has 0 spiro atoms. The molecule has 0 amide bonds. The van der Waals surface area contributed by atoms with Gasteiger partial charge in [0.15, 0.2) is 11.5 Å². The van der Waals surface area contributed by atoms with Crippen molar-refractivity contribution >= 4 is 22.5 Å². The van der Waals surface area contributed by atoms with Crippen LogP contribution in [0.2, 0.25) is 0 Å². The van der Waals surface area contributed by atoms with Gasteiger partial charge < -0.3 is 14.3 Å². The molecule has 1 unspecified atom stereocenters. The van der Waals surface area contributed by atoms with Crippen LogP contribution in [0.1, 0.15) is 31.4 Å². The van der Waals surface area contributed by atoms with Crippen LogP contribution in [-0.4, -0.2) is 23.8 Å². The first-order valence-corrected chi connectivity index (χ1v) is 9.67. The lowest BCUT2D eigenvalue weighted by Crippen LogP contribution is -2.20. The number of Topliss-reactive ketones (excluding diaryl/α,β-unsaturated/α-hetero) is 1. The second-order valence-electron chi connectivity index (χ2n) is 7.23. The van der Waals surface area contributed by atoms with E-state index in [0.29, 0.717) is 30.8 Å². The summed E-state index contributed by atoms with van der Waals surface area (Å²) >= 11 is 0. The van der Waals surface area contributed by atoms with Crippen molar-refractivity contribution in [3.63, 3.8) is 0 Å². The summed E-state index contributed by atoms with van der Waals surface area (Å²) in [7, 11) is 1.53. The summed E-state index contributed by atoms with van der Waals surface area (Å²) in [5.41, 5.74) is 1.93. The Bertz CT molecular complexity index is 1020. The van der Waals surface area contributed by atoms with Gasteiger partial charge in [-0.15, -0.1) is 0 Å². The van der Waals surface area contributed by atoms with Gasteiger partial charge in [-0.25, -0.2) is 0 Å². The maximum Gasteiger partial charge on any atom is 0.314 e. The molecule has 0 saturated carbocycles. The molecule has 1 heterocycles. The molecule has 1 atom stereocenters. The van der Waals surface area contributed by atoms with Gasteiger partial charge in [0.2, 0.25) is 0 Å². The van der Waals surface area contributed by atoms with E-state index in [1.165, 1.54) is 7.11 Å². The number of fused-ring (bicyclic) bond motifs is 1. The number of aromatic nitrogens is 1. The maximum atomic E-state index is 12.7. The zero-order valence-electron chi connectivity index (χ0n) is 17.0. The molecule has 0 aliphatic carbocycles. The van der Waals surface area contributed by atoms with Crippen molar-refractivity contribution in [3.05, 3.63) is 66.0 Å². The molecule has 0 radical (unpaired) electrons. The standard InChI is InChI=1S/C24H25NO4/c1-16(12-20-15-25-14-19-6-4-5-7-21(19)20)24(27)29-23-13-18(9-8-17(2)26)10-11-22(23)28-3/h4-7,10-11,13-16H,8-9,12H2,1-3H3. The fraction of sp³-hybridized carbons (Fsp3) is 0.292. The van der Waals surface area contributed by atoms with Crippen molar-refractivity contribution < 1.29 is 19.1 Å². The highest BCUT2D eigenvalue weighted by Crippen LogP contribution is 2.30. The van der Waals surface area contributed by atoms with E-state index in [9.17, 15) is 9.59 Å². The number of hydrogen-bond donors (Lipinski definition) is 0. The molecule has 0 aliphatic heterocycles. The number of benzene rings is 2. The quantitative estimate of drug-likeness (QED) is 0.416. The molecule has 0 aliphatic rings. The van der Waals surface area contributed by atoms with E-state index in [1.807, 2.05) is 43.5 Å². The Balaban J connectivity index is 1.74. The summed E-state index contributed by atoms with van der Waals surface area (Å²) in [6.45, 7) is 3.41. The SMILES string of the molecule is COc1ccc(CCC(C)=O)cc1OC(=O)C(C)Cc1cncc2ccccc12. The number of ether oxygens (including phenoxy) is 2. The molecule has 150 valence electrons. The maximum absolute atomic E-state index is 12.7. The van der Waals surface area contributed by atoms with Gasteiger partial charge in [-0.1, -0.05) is 37.3 Å². The fourth-order valence-electron chi connectivity index (χ4n) is 3.24. The monoisotopic (exact) mass is 391 g/mol. The van der Waals surface area contributed by atoms with Crippen LogP contribution in [-0.2, 0) is 22.4 Å². The van der Waals surface area contributed by atoms with E-state index in [0.717, 1.165) is 21.9 Å². The Morgan fingerprint density at radius 3 is 2.62 bits per heavy atom. The van der Waals surface area contributed by atoms with Crippen molar-refractivity contribution in [3.8, 4) is 11.5 Å². The van der Waals surface area contributed by atoms with Crippen LogP contribution in [0.3, 0.4) is 0 Å². The summed E-state index contributed by atoms with van der Waals surface area (Å²) in [5.74, 6) is 0.301. The number of carbonyl (C=O) groups is 2. The predicted octanol–water partition coefficient (Wildman–Crippen LogP) is 4.55. The Morgan fingerprint density at radius 2 is 1.86 bits per heavy atom. The van der Waals surface area contributed by atoms with E-state index in [4.69, 9.17) is 9.47 Å². The molecule has 5 nitrogen and oxygen atoms in total. The van der Waals surface area contributed by atoms with Gasteiger partial charge in [0.1, 0.15) is 5.78 Å². The van der Waals surface area contributed by atoms with Crippen LogP contribution in [0.15, 0.2) is 54.9 Å². The number of pyridine rings is 1. The van der Waals surface area contributed by atoms with Gasteiger partial charge >= 0.3 is 5.97 Å². The third-order valence-corrected chi connectivity index (χ3v) is 4.88. The van der Waals surface area contributed by atoms with E-state index >= 15 is 0 Å². The molecule has 3 aromatic rings. The average Bonchev–Trinajstić information content (AvgIpc) is 2.72. The smallest absolute Gasteiger partial charge is 0.314 e. The van der Waals surface area contributed by atoms with Crippen LogP contribution >= 0.6 is 0 Å². The lowest BCUT2D eigenvalue weighted by Gasteiger charge is -2.15. The zero-order chi connectivity index (χ0) is 20.8. The number of esters is 1. The Hall–Kier alpha value is -3.21. The second-order valence-corrected chi connectivity index (χ2v) is 7.23. The third kappa shape index (κ3) is 5.19. The van der Waals surface area contributed by atoms with Gasteiger partial charge in [-0.3, -0.25) is 9.78 Å². The summed E-state index contributed by atoms with van der Waals surface area (Å²) in [5, 5.41) is 2.14. The molecule has 29 heavy (non-hydrogen) atoms. The van der Waals surface area contributed by atoms with Crippen LogP contribution in [0, 0.1) is 5.92 Å². The number of rotatable bonds is 8. The summed E-state index contributed by atoms with van der Waals surface area (Å²) in [4.78, 5) is 28.3. The van der Waals surface area contributed by atoms with Gasteiger partial charge in [0.25, 0.3) is 0 Å². The minimum absolute atomic E-state index is 0.122. The van der Waals surface area contributed by atoms with Gasteiger partial charge in [0, 0.05) is 24.2 Å². The number of ketones is 1. The highest BCUT2D eigenvalue weighted by atomic mass is 16.6. The first-order chi connectivity index (χ1) is 14.0. The second kappa shape index (κ2) is 9.32. The molecule has 0 fully saturated rings. The lowest BCUT2D eigenvalue weighted by molar-refractivity contribution is -0.138. The van der Waals surface area contributed by atoms with Crippen molar-refractivity contribution in [1.29, 1.82) is 0 Å². The van der Waals surface area contributed by atoms with Crippen LogP contribution in [0.5, 0.6) is 11.5 Å². The first-order valence-electron chi connectivity index (χ1n) is 9.67.